The summed E-state index contributed by atoms with van der Waals surface area (Å²) >= 11 is 3.51. The van der Waals surface area contributed by atoms with Crippen molar-refractivity contribution in [2.24, 2.45) is 5.41 Å². The summed E-state index contributed by atoms with van der Waals surface area (Å²) in [6, 6.07) is 11.2. The number of alkyl halides is 1. The molecule has 0 heterocycles. The van der Waals surface area contributed by atoms with Gasteiger partial charge in [0.2, 0.25) is 0 Å². The van der Waals surface area contributed by atoms with Gasteiger partial charge in [-0.15, -0.1) is 0 Å². The van der Waals surface area contributed by atoms with Crippen molar-refractivity contribution in [1.29, 1.82) is 0 Å². The Balaban J connectivity index is 2.57. The molecular weight excluding hydrogens is 355 g/mol. The highest BCUT2D eigenvalue weighted by Gasteiger charge is 2.20. The number of rotatable bonds is 6. The van der Waals surface area contributed by atoms with E-state index in [4.69, 9.17) is 4.74 Å². The summed E-state index contributed by atoms with van der Waals surface area (Å²) in [7, 11) is 1.60. The van der Waals surface area contributed by atoms with Gasteiger partial charge < -0.3 is 4.74 Å². The van der Waals surface area contributed by atoms with Crippen LogP contribution >= 0.6 is 15.9 Å². The highest BCUT2D eigenvalue weighted by molar-refractivity contribution is 9.08. The van der Waals surface area contributed by atoms with Gasteiger partial charge in [-0.25, -0.2) is 4.39 Å². The van der Waals surface area contributed by atoms with E-state index in [1.807, 2.05) is 12.1 Å². The van der Waals surface area contributed by atoms with Crippen molar-refractivity contribution in [2.45, 2.75) is 38.9 Å². The largest absolute Gasteiger partial charge is 0.497 e. The van der Waals surface area contributed by atoms with Crippen LogP contribution in [0.15, 0.2) is 36.4 Å². The van der Waals surface area contributed by atoms with Gasteiger partial charge >= 0.3 is 0 Å². The zero-order chi connectivity index (χ0) is 17.0. The molecule has 0 amide bonds. The van der Waals surface area contributed by atoms with E-state index in [2.05, 4.69) is 42.8 Å². The summed E-state index contributed by atoms with van der Waals surface area (Å²) in [5.41, 5.74) is 4.12. The van der Waals surface area contributed by atoms with Crippen molar-refractivity contribution in [2.75, 3.05) is 7.11 Å². The van der Waals surface area contributed by atoms with E-state index in [1.54, 1.807) is 19.2 Å². The normalized spacial score (nSPS) is 11.6. The van der Waals surface area contributed by atoms with Gasteiger partial charge in [0, 0.05) is 10.9 Å². The third-order valence-corrected chi connectivity index (χ3v) is 5.06. The van der Waals surface area contributed by atoms with Crippen molar-refractivity contribution < 1.29 is 9.13 Å². The van der Waals surface area contributed by atoms with Crippen molar-refractivity contribution in [3.8, 4) is 16.9 Å². The molecule has 0 aromatic heterocycles. The second-order valence-corrected chi connectivity index (χ2v) is 7.23. The zero-order valence-corrected chi connectivity index (χ0v) is 15.8. The Morgan fingerprint density at radius 2 is 1.83 bits per heavy atom. The molecule has 124 valence electrons. The second kappa shape index (κ2) is 7.48. The third kappa shape index (κ3) is 4.35. The van der Waals surface area contributed by atoms with Crippen LogP contribution in [-0.4, -0.2) is 7.11 Å². The van der Waals surface area contributed by atoms with E-state index < -0.39 is 0 Å². The zero-order valence-electron chi connectivity index (χ0n) is 14.2. The van der Waals surface area contributed by atoms with Gasteiger partial charge in [-0.1, -0.05) is 61.3 Å². The highest BCUT2D eigenvalue weighted by Crippen LogP contribution is 2.35. The smallest absolute Gasteiger partial charge is 0.131 e. The van der Waals surface area contributed by atoms with Crippen molar-refractivity contribution >= 4 is 15.9 Å². The Hall–Kier alpha value is -1.35. The van der Waals surface area contributed by atoms with E-state index in [1.165, 1.54) is 17.2 Å². The quantitative estimate of drug-likeness (QED) is 0.530. The second-order valence-electron chi connectivity index (χ2n) is 6.67. The summed E-state index contributed by atoms with van der Waals surface area (Å²) < 4.78 is 19.7. The standard InChI is InChI=1S/C20H24BrFO/c1-5-20(2,3)12-15-10-14(13-21)6-8-17(15)18-11-16(23-4)7-9-19(18)22/h6-11H,5,12-13H2,1-4H3. The minimum Gasteiger partial charge on any atom is -0.497 e. The first-order chi connectivity index (χ1) is 10.9. The Labute approximate surface area is 147 Å². The number of benzene rings is 2. The SMILES string of the molecule is CCC(C)(C)Cc1cc(CBr)ccc1-c1cc(OC)ccc1F. The Bertz CT molecular complexity index is 679. The average Bonchev–Trinajstić information content (AvgIpc) is 2.55. The lowest BCUT2D eigenvalue weighted by Gasteiger charge is -2.25. The maximum Gasteiger partial charge on any atom is 0.131 e. The maximum absolute atomic E-state index is 14.4. The van der Waals surface area contributed by atoms with Gasteiger partial charge in [0.25, 0.3) is 0 Å². The molecule has 0 saturated heterocycles. The summed E-state index contributed by atoms with van der Waals surface area (Å²) in [4.78, 5) is 0. The lowest BCUT2D eigenvalue weighted by molar-refractivity contribution is 0.349. The average molecular weight is 379 g/mol. The fourth-order valence-corrected chi connectivity index (χ4v) is 2.97. The molecule has 1 nitrogen and oxygen atoms in total. The predicted octanol–water partition coefficient (Wildman–Crippen LogP) is 6.37. The molecule has 23 heavy (non-hydrogen) atoms. The van der Waals surface area contributed by atoms with Gasteiger partial charge in [0.05, 0.1) is 7.11 Å². The van der Waals surface area contributed by atoms with Gasteiger partial charge in [0.1, 0.15) is 11.6 Å². The predicted molar refractivity (Wildman–Crippen MR) is 98.8 cm³/mol. The first-order valence-electron chi connectivity index (χ1n) is 7.92. The van der Waals surface area contributed by atoms with Crippen LogP contribution in [0.25, 0.3) is 11.1 Å². The maximum atomic E-state index is 14.4. The molecule has 0 fully saturated rings. The van der Waals surface area contributed by atoms with E-state index >= 15 is 0 Å². The fraction of sp³-hybridized carbons (Fsp3) is 0.400. The minimum absolute atomic E-state index is 0.176. The molecule has 2 rings (SSSR count). The Kier molecular flexibility index (Phi) is 5.85. The highest BCUT2D eigenvalue weighted by atomic mass is 79.9. The van der Waals surface area contributed by atoms with Crippen molar-refractivity contribution in [1.82, 2.24) is 0 Å². The Morgan fingerprint density at radius 1 is 1.09 bits per heavy atom. The molecule has 2 aromatic carbocycles. The number of hydrogen-bond acceptors (Lipinski definition) is 1. The molecule has 0 aliphatic heterocycles. The summed E-state index contributed by atoms with van der Waals surface area (Å²) in [5.74, 6) is 0.458. The van der Waals surface area contributed by atoms with Crippen LogP contribution in [0.1, 0.15) is 38.3 Å². The molecule has 0 unspecified atom stereocenters. The van der Waals surface area contributed by atoms with Gasteiger partial charge in [0.15, 0.2) is 0 Å². The van der Waals surface area contributed by atoms with Gasteiger partial charge in [-0.3, -0.25) is 0 Å². The molecule has 0 atom stereocenters. The molecule has 0 spiro atoms. The van der Waals surface area contributed by atoms with Crippen LogP contribution in [0, 0.1) is 11.2 Å². The van der Waals surface area contributed by atoms with Crippen LogP contribution in [0.5, 0.6) is 5.75 Å². The lowest BCUT2D eigenvalue weighted by Crippen LogP contribution is -2.14. The topological polar surface area (TPSA) is 9.23 Å². The first-order valence-corrected chi connectivity index (χ1v) is 9.04. The summed E-state index contributed by atoms with van der Waals surface area (Å²) in [5, 5.41) is 0.799. The molecule has 0 N–H and O–H groups in total. The summed E-state index contributed by atoms with van der Waals surface area (Å²) in [6.07, 6.45) is 1.99. The van der Waals surface area contributed by atoms with E-state index in [0.717, 1.165) is 23.7 Å². The molecule has 0 aliphatic rings. The molecule has 2 aromatic rings. The third-order valence-electron chi connectivity index (χ3n) is 4.41. The van der Waals surface area contributed by atoms with Crippen LogP contribution in [0.2, 0.25) is 0 Å². The first kappa shape index (κ1) is 18.0. The van der Waals surface area contributed by atoms with E-state index in [-0.39, 0.29) is 11.2 Å². The van der Waals surface area contributed by atoms with Crippen LogP contribution in [0.4, 0.5) is 4.39 Å². The molecule has 0 bridgehead atoms. The van der Waals surface area contributed by atoms with Gasteiger partial charge in [-0.05, 0) is 46.7 Å². The number of hydrogen-bond donors (Lipinski definition) is 0. The van der Waals surface area contributed by atoms with Crippen molar-refractivity contribution in [3.63, 3.8) is 0 Å². The number of methoxy groups -OCH3 is 1. The molecular formula is C20H24BrFO. The molecule has 3 heteroatoms. The van der Waals surface area contributed by atoms with Crippen molar-refractivity contribution in [3.05, 3.63) is 53.3 Å². The molecule has 0 saturated carbocycles. The van der Waals surface area contributed by atoms with Crippen LogP contribution < -0.4 is 4.74 Å². The van der Waals surface area contributed by atoms with Gasteiger partial charge in [-0.2, -0.15) is 0 Å². The summed E-state index contributed by atoms with van der Waals surface area (Å²) in [6.45, 7) is 6.69. The van der Waals surface area contributed by atoms with Crippen LogP contribution in [0.3, 0.4) is 0 Å². The van der Waals surface area contributed by atoms with E-state index in [9.17, 15) is 4.39 Å². The van der Waals surface area contributed by atoms with Crippen LogP contribution in [-0.2, 0) is 11.8 Å². The molecule has 0 aliphatic carbocycles. The fourth-order valence-electron chi connectivity index (χ4n) is 2.62. The van der Waals surface area contributed by atoms with E-state index in [0.29, 0.717) is 11.3 Å². The molecule has 0 radical (unpaired) electrons. The monoisotopic (exact) mass is 378 g/mol. The number of ether oxygens (including phenoxy) is 1. The Morgan fingerprint density at radius 3 is 2.43 bits per heavy atom. The minimum atomic E-state index is -0.215. The lowest BCUT2D eigenvalue weighted by atomic mass is 9.80. The number of halogens is 2.